The van der Waals surface area contributed by atoms with Crippen molar-refractivity contribution < 1.29 is 12.6 Å². The van der Waals surface area contributed by atoms with Gasteiger partial charge in [-0.25, -0.2) is 0 Å². The monoisotopic (exact) mass is 460 g/mol. The first-order valence-electron chi connectivity index (χ1n) is 9.22. The van der Waals surface area contributed by atoms with Crippen LogP contribution in [-0.2, 0) is 31.0 Å². The van der Waals surface area contributed by atoms with Crippen molar-refractivity contribution in [1.82, 2.24) is 0 Å². The largest absolute Gasteiger partial charge is 0.324 e. The van der Waals surface area contributed by atoms with Gasteiger partial charge in [-0.05, 0) is 68.3 Å². The number of hydrogen-bond donors (Lipinski definition) is 0. The summed E-state index contributed by atoms with van der Waals surface area (Å²) in [4.78, 5) is 1.13. The molecule has 3 rings (SSSR count). The standard InChI is InChI=1S/C22H24N2O3S3/c1-17-5-11-20(12-6-17)28(4)23-29(25,21-13-7-18(2)8-14-21)24-30(26,27)22-15-9-19(3)10-16-22/h5-16H,1-4H3. The number of aryl methyl sites for hydroxylation is 3. The van der Waals surface area contributed by atoms with E-state index in [-0.39, 0.29) is 9.79 Å². The molecule has 3 aromatic carbocycles. The Hall–Kier alpha value is -2.13. The van der Waals surface area contributed by atoms with Crippen LogP contribution in [0, 0.1) is 20.8 Å². The molecule has 0 aliphatic heterocycles. The first kappa shape index (κ1) is 22.6. The van der Waals surface area contributed by atoms with Gasteiger partial charge in [0, 0.05) is 14.8 Å². The molecule has 30 heavy (non-hydrogen) atoms. The van der Waals surface area contributed by atoms with Gasteiger partial charge in [0.15, 0.2) is 0 Å². The molecule has 0 spiro atoms. The van der Waals surface area contributed by atoms with Crippen molar-refractivity contribution in [2.45, 2.75) is 35.5 Å². The van der Waals surface area contributed by atoms with Crippen LogP contribution in [0.3, 0.4) is 0 Å². The summed E-state index contributed by atoms with van der Waals surface area (Å²) >= 11 is -0.820. The quantitative estimate of drug-likeness (QED) is 0.466. The van der Waals surface area contributed by atoms with Gasteiger partial charge < -0.3 is 4.13 Å². The van der Waals surface area contributed by atoms with Crippen molar-refractivity contribution in [1.29, 1.82) is 0 Å². The smallest absolute Gasteiger partial charge is 0.289 e. The third-order valence-electron chi connectivity index (χ3n) is 4.42. The van der Waals surface area contributed by atoms with Crippen LogP contribution in [0.15, 0.2) is 91.3 Å². The molecule has 3 aromatic rings. The van der Waals surface area contributed by atoms with Gasteiger partial charge in [-0.15, -0.1) is 3.77 Å². The highest BCUT2D eigenvalue weighted by Crippen LogP contribution is 2.30. The Morgan fingerprint density at radius 2 is 1.07 bits per heavy atom. The Balaban J connectivity index is 2.11. The van der Waals surface area contributed by atoms with E-state index in [9.17, 15) is 12.6 Å². The van der Waals surface area contributed by atoms with Gasteiger partial charge in [-0.3, -0.25) is 4.21 Å². The molecule has 5 nitrogen and oxygen atoms in total. The minimum atomic E-state index is -4.17. The molecule has 2 unspecified atom stereocenters. The summed E-state index contributed by atoms with van der Waals surface area (Å²) in [6.07, 6.45) is 1.81. The zero-order valence-corrected chi connectivity index (χ0v) is 19.7. The zero-order chi connectivity index (χ0) is 21.9. The average Bonchev–Trinajstić information content (AvgIpc) is 2.68. The SMILES string of the molecule is Cc1ccc([S+](C)[N-]S(=O)(=NS(=O)(=O)c2ccc(C)cc2)c2ccc(C)cc2)cc1. The number of sulfonamides is 1. The van der Waals surface area contributed by atoms with Crippen LogP contribution in [0.25, 0.3) is 4.13 Å². The summed E-state index contributed by atoms with van der Waals surface area (Å²) in [7, 11) is -7.75. The van der Waals surface area contributed by atoms with E-state index in [0.717, 1.165) is 21.6 Å². The molecule has 0 saturated heterocycles. The normalized spacial score (nSPS) is 14.7. The summed E-state index contributed by atoms with van der Waals surface area (Å²) in [6.45, 7) is 5.75. The second-order valence-electron chi connectivity index (χ2n) is 7.04. The van der Waals surface area contributed by atoms with E-state index in [2.05, 4.69) is 7.90 Å². The Bertz CT molecular complexity index is 1240. The fourth-order valence-corrected chi connectivity index (χ4v) is 8.14. The summed E-state index contributed by atoms with van der Waals surface area (Å²) in [5.74, 6) is 0. The van der Waals surface area contributed by atoms with Gasteiger partial charge in [0.1, 0.15) is 4.90 Å². The van der Waals surface area contributed by atoms with Gasteiger partial charge in [-0.1, -0.05) is 53.1 Å². The Morgan fingerprint density at radius 1 is 0.667 bits per heavy atom. The van der Waals surface area contributed by atoms with E-state index in [1.807, 2.05) is 51.3 Å². The molecule has 0 fully saturated rings. The number of nitrogens with zero attached hydrogens (tertiary/aromatic N) is 2. The van der Waals surface area contributed by atoms with Crippen molar-refractivity contribution >= 4 is 31.0 Å². The summed E-state index contributed by atoms with van der Waals surface area (Å²) in [5, 5.41) is 0. The molecule has 0 heterocycles. The molecule has 158 valence electrons. The maximum Gasteiger partial charge on any atom is 0.289 e. The molecule has 0 bridgehead atoms. The maximum atomic E-state index is 13.9. The summed E-state index contributed by atoms with van der Waals surface area (Å²) in [6, 6.07) is 20.8. The van der Waals surface area contributed by atoms with Crippen molar-refractivity contribution in [3.05, 3.63) is 93.6 Å². The lowest BCUT2D eigenvalue weighted by molar-refractivity contribution is 0.598. The van der Waals surface area contributed by atoms with Gasteiger partial charge in [0.05, 0.1) is 11.2 Å². The Morgan fingerprint density at radius 3 is 1.53 bits per heavy atom. The first-order valence-corrected chi connectivity index (χ1v) is 13.7. The second kappa shape index (κ2) is 8.93. The van der Waals surface area contributed by atoms with Crippen molar-refractivity contribution in [3.63, 3.8) is 0 Å². The minimum absolute atomic E-state index is 0.00513. The summed E-state index contributed by atoms with van der Waals surface area (Å²) < 4.78 is 48.1. The van der Waals surface area contributed by atoms with Crippen LogP contribution in [-0.4, -0.2) is 18.9 Å². The topological polar surface area (TPSA) is 77.7 Å². The Kier molecular flexibility index (Phi) is 6.71. The van der Waals surface area contributed by atoms with Gasteiger partial charge >= 0.3 is 0 Å². The van der Waals surface area contributed by atoms with Gasteiger partial charge in [-0.2, -0.15) is 8.42 Å². The van der Waals surface area contributed by atoms with Crippen LogP contribution in [0.1, 0.15) is 16.7 Å². The fourth-order valence-electron chi connectivity index (χ4n) is 2.63. The van der Waals surface area contributed by atoms with Gasteiger partial charge in [0.25, 0.3) is 10.0 Å². The van der Waals surface area contributed by atoms with E-state index in [0.29, 0.717) is 0 Å². The van der Waals surface area contributed by atoms with Crippen molar-refractivity contribution in [3.8, 4) is 0 Å². The zero-order valence-electron chi connectivity index (χ0n) is 17.3. The molecule has 2 atom stereocenters. The van der Waals surface area contributed by atoms with Crippen LogP contribution in [0.5, 0.6) is 0 Å². The molecule has 0 N–H and O–H groups in total. The molecule has 0 amide bonds. The molecule has 0 aliphatic rings. The van der Waals surface area contributed by atoms with Crippen LogP contribution < -0.4 is 0 Å². The lowest BCUT2D eigenvalue weighted by Gasteiger charge is -2.23. The third kappa shape index (κ3) is 5.31. The Labute approximate surface area is 182 Å². The molecule has 0 aliphatic carbocycles. The van der Waals surface area contributed by atoms with E-state index < -0.39 is 31.0 Å². The van der Waals surface area contributed by atoms with Crippen LogP contribution >= 0.6 is 0 Å². The highest BCUT2D eigenvalue weighted by atomic mass is 32.3. The van der Waals surface area contributed by atoms with Crippen LogP contribution in [0.4, 0.5) is 0 Å². The number of hydrogen-bond acceptors (Lipinski definition) is 3. The van der Waals surface area contributed by atoms with E-state index >= 15 is 0 Å². The molecule has 8 heteroatoms. The third-order valence-corrected chi connectivity index (χ3v) is 10.4. The molecule has 0 radical (unpaired) electrons. The lowest BCUT2D eigenvalue weighted by atomic mass is 10.2. The molecule has 0 saturated carbocycles. The van der Waals surface area contributed by atoms with Crippen molar-refractivity contribution in [2.24, 2.45) is 3.77 Å². The predicted octanol–water partition coefficient (Wildman–Crippen LogP) is 5.34. The fraction of sp³-hybridized carbons (Fsp3) is 0.182. The second-order valence-corrected chi connectivity index (χ2v) is 12.5. The summed E-state index contributed by atoms with van der Waals surface area (Å²) in [5.41, 5.74) is 2.99. The number of rotatable bonds is 6. The molecular formula is C22H24N2O3S3. The molecule has 0 aromatic heterocycles. The van der Waals surface area contributed by atoms with Crippen molar-refractivity contribution in [2.75, 3.05) is 6.26 Å². The maximum absolute atomic E-state index is 13.9. The van der Waals surface area contributed by atoms with E-state index in [1.54, 1.807) is 36.4 Å². The minimum Gasteiger partial charge on any atom is -0.324 e. The number of benzene rings is 3. The van der Waals surface area contributed by atoms with Crippen LogP contribution in [0.2, 0.25) is 0 Å². The van der Waals surface area contributed by atoms with E-state index in [1.165, 1.54) is 12.1 Å². The highest BCUT2D eigenvalue weighted by Gasteiger charge is 2.20. The van der Waals surface area contributed by atoms with E-state index in [4.69, 9.17) is 0 Å². The van der Waals surface area contributed by atoms with Gasteiger partial charge in [0.2, 0.25) is 0 Å². The highest BCUT2D eigenvalue weighted by molar-refractivity contribution is 8.17. The first-order chi connectivity index (χ1) is 14.1. The predicted molar refractivity (Wildman–Crippen MR) is 124 cm³/mol. The lowest BCUT2D eigenvalue weighted by Crippen LogP contribution is -2.10. The molecular weight excluding hydrogens is 436 g/mol. The average molecular weight is 461 g/mol.